The Morgan fingerprint density at radius 1 is 1.60 bits per heavy atom. The zero-order valence-corrected chi connectivity index (χ0v) is 9.24. The van der Waals surface area contributed by atoms with Crippen molar-refractivity contribution in [3.63, 3.8) is 0 Å². The smallest absolute Gasteiger partial charge is 0.309 e. The van der Waals surface area contributed by atoms with E-state index in [4.69, 9.17) is 5.11 Å². The second-order valence-corrected chi connectivity index (χ2v) is 4.91. The highest BCUT2D eigenvalue weighted by molar-refractivity contribution is 7.99. The molecule has 0 bridgehead atoms. The van der Waals surface area contributed by atoms with E-state index in [2.05, 4.69) is 5.10 Å². The lowest BCUT2D eigenvalue weighted by Crippen LogP contribution is -2.19. The summed E-state index contributed by atoms with van der Waals surface area (Å²) < 4.78 is 1.90. The van der Waals surface area contributed by atoms with Crippen LogP contribution in [0.1, 0.15) is 24.6 Å². The van der Waals surface area contributed by atoms with Crippen molar-refractivity contribution in [3.05, 3.63) is 18.0 Å². The molecular formula is C10H14N2O2S. The fourth-order valence-electron chi connectivity index (χ4n) is 1.90. The molecule has 2 heterocycles. The van der Waals surface area contributed by atoms with Crippen LogP contribution in [0.4, 0.5) is 0 Å². The summed E-state index contributed by atoms with van der Waals surface area (Å²) in [6.07, 6.45) is 3.96. The fraction of sp³-hybridized carbons (Fsp3) is 0.600. The molecule has 1 aliphatic heterocycles. The molecule has 0 aromatic carbocycles. The summed E-state index contributed by atoms with van der Waals surface area (Å²) in [6, 6.07) is 2.20. The zero-order valence-electron chi connectivity index (χ0n) is 8.43. The monoisotopic (exact) mass is 226 g/mol. The highest BCUT2D eigenvalue weighted by atomic mass is 32.2. The molecule has 5 heteroatoms. The third kappa shape index (κ3) is 2.53. The number of carboxylic acid groups (broad SMARTS) is 1. The van der Waals surface area contributed by atoms with Gasteiger partial charge in [0.05, 0.1) is 12.5 Å². The molecule has 0 atom stereocenters. The fourth-order valence-corrected chi connectivity index (χ4v) is 2.98. The molecule has 0 radical (unpaired) electrons. The van der Waals surface area contributed by atoms with E-state index in [1.807, 2.05) is 16.4 Å². The number of carboxylic acids is 1. The van der Waals surface area contributed by atoms with Crippen LogP contribution in [0, 0.1) is 0 Å². The van der Waals surface area contributed by atoms with Crippen molar-refractivity contribution in [2.45, 2.75) is 25.3 Å². The molecule has 1 aliphatic rings. The van der Waals surface area contributed by atoms with Crippen LogP contribution < -0.4 is 0 Å². The van der Waals surface area contributed by atoms with Crippen molar-refractivity contribution in [2.24, 2.45) is 0 Å². The molecule has 0 spiro atoms. The summed E-state index contributed by atoms with van der Waals surface area (Å²) in [5.41, 5.74) is 0.819. The summed E-state index contributed by atoms with van der Waals surface area (Å²) in [5.74, 6) is 1.51. The number of carbonyl (C=O) groups is 1. The first kappa shape index (κ1) is 10.5. The summed E-state index contributed by atoms with van der Waals surface area (Å²) in [5, 5.41) is 13.0. The Morgan fingerprint density at radius 3 is 3.00 bits per heavy atom. The molecule has 0 aliphatic carbocycles. The largest absolute Gasteiger partial charge is 0.481 e. The minimum absolute atomic E-state index is 0.0731. The van der Waals surface area contributed by atoms with Gasteiger partial charge < -0.3 is 5.11 Å². The predicted octanol–water partition coefficient (Wildman–Crippen LogP) is 1.58. The Balaban J connectivity index is 2.12. The van der Waals surface area contributed by atoms with Gasteiger partial charge in [-0.25, -0.2) is 0 Å². The van der Waals surface area contributed by atoms with Gasteiger partial charge in [0.1, 0.15) is 0 Å². The molecule has 15 heavy (non-hydrogen) atoms. The molecular weight excluding hydrogens is 212 g/mol. The van der Waals surface area contributed by atoms with Gasteiger partial charge in [-0.1, -0.05) is 0 Å². The lowest BCUT2D eigenvalue weighted by Gasteiger charge is -2.23. The topological polar surface area (TPSA) is 55.1 Å². The second kappa shape index (κ2) is 4.70. The average molecular weight is 226 g/mol. The van der Waals surface area contributed by atoms with Crippen LogP contribution in [0.15, 0.2) is 12.3 Å². The number of thioether (sulfide) groups is 1. The maximum atomic E-state index is 10.7. The lowest BCUT2D eigenvalue weighted by molar-refractivity contribution is -0.136. The number of hydrogen-bond acceptors (Lipinski definition) is 3. The molecule has 4 nitrogen and oxygen atoms in total. The van der Waals surface area contributed by atoms with Crippen LogP contribution >= 0.6 is 11.8 Å². The van der Waals surface area contributed by atoms with Crippen LogP contribution in [0.25, 0.3) is 0 Å². The van der Waals surface area contributed by atoms with Gasteiger partial charge in [-0.3, -0.25) is 9.48 Å². The Morgan fingerprint density at radius 2 is 2.33 bits per heavy atom. The van der Waals surface area contributed by atoms with Crippen LogP contribution in [0.3, 0.4) is 0 Å². The van der Waals surface area contributed by atoms with Gasteiger partial charge in [-0.05, 0) is 30.4 Å². The van der Waals surface area contributed by atoms with E-state index in [1.165, 1.54) is 0 Å². The standard InChI is InChI=1S/C10H14N2O2S/c13-10(14)7-9-1-4-11-12(9)8-2-5-15-6-3-8/h1,4,8H,2-3,5-7H2,(H,13,14). The van der Waals surface area contributed by atoms with E-state index in [9.17, 15) is 4.79 Å². The number of aliphatic carboxylic acids is 1. The summed E-state index contributed by atoms with van der Waals surface area (Å²) >= 11 is 1.96. The third-order valence-electron chi connectivity index (χ3n) is 2.62. The molecule has 0 unspecified atom stereocenters. The van der Waals surface area contributed by atoms with Gasteiger partial charge in [0, 0.05) is 11.9 Å². The third-order valence-corrected chi connectivity index (χ3v) is 3.67. The number of hydrogen-bond donors (Lipinski definition) is 1. The molecule has 1 fully saturated rings. The Bertz CT molecular complexity index is 345. The highest BCUT2D eigenvalue weighted by Gasteiger charge is 2.19. The lowest BCUT2D eigenvalue weighted by atomic mass is 10.1. The Hall–Kier alpha value is -0.970. The first-order valence-corrected chi connectivity index (χ1v) is 6.25. The van der Waals surface area contributed by atoms with Crippen molar-refractivity contribution in [2.75, 3.05) is 11.5 Å². The molecule has 1 N–H and O–H groups in total. The van der Waals surface area contributed by atoms with Gasteiger partial charge in [-0.15, -0.1) is 0 Å². The van der Waals surface area contributed by atoms with Crippen molar-refractivity contribution in [1.82, 2.24) is 9.78 Å². The van der Waals surface area contributed by atoms with E-state index < -0.39 is 5.97 Å². The Kier molecular flexibility index (Phi) is 3.30. The summed E-state index contributed by atoms with van der Waals surface area (Å²) in [6.45, 7) is 0. The van der Waals surface area contributed by atoms with Crippen LogP contribution in [-0.2, 0) is 11.2 Å². The molecule has 1 aromatic heterocycles. The molecule has 0 saturated carbocycles. The molecule has 1 aromatic rings. The predicted molar refractivity (Wildman–Crippen MR) is 59.2 cm³/mol. The molecule has 1 saturated heterocycles. The molecule has 0 amide bonds. The second-order valence-electron chi connectivity index (χ2n) is 3.68. The normalized spacial score (nSPS) is 17.9. The SMILES string of the molecule is O=C(O)Cc1ccnn1C1CCSCC1. The summed E-state index contributed by atoms with van der Waals surface area (Å²) in [7, 11) is 0. The number of aromatic nitrogens is 2. The Labute approximate surface area is 92.7 Å². The van der Waals surface area contributed by atoms with Crippen molar-refractivity contribution in [3.8, 4) is 0 Å². The summed E-state index contributed by atoms with van der Waals surface area (Å²) in [4.78, 5) is 10.7. The highest BCUT2D eigenvalue weighted by Crippen LogP contribution is 2.27. The maximum absolute atomic E-state index is 10.7. The average Bonchev–Trinajstić information content (AvgIpc) is 2.66. The van der Waals surface area contributed by atoms with E-state index in [-0.39, 0.29) is 6.42 Å². The minimum Gasteiger partial charge on any atom is -0.481 e. The quantitative estimate of drug-likeness (QED) is 0.850. The number of rotatable bonds is 3. The van der Waals surface area contributed by atoms with Crippen molar-refractivity contribution < 1.29 is 9.90 Å². The minimum atomic E-state index is -0.790. The van der Waals surface area contributed by atoms with Crippen LogP contribution in [-0.4, -0.2) is 32.4 Å². The van der Waals surface area contributed by atoms with E-state index in [1.54, 1.807) is 12.3 Å². The van der Waals surface area contributed by atoms with Crippen molar-refractivity contribution in [1.29, 1.82) is 0 Å². The van der Waals surface area contributed by atoms with E-state index in [0.717, 1.165) is 30.0 Å². The van der Waals surface area contributed by atoms with Crippen molar-refractivity contribution >= 4 is 17.7 Å². The van der Waals surface area contributed by atoms with Gasteiger partial charge in [0.25, 0.3) is 0 Å². The van der Waals surface area contributed by atoms with E-state index in [0.29, 0.717) is 6.04 Å². The van der Waals surface area contributed by atoms with E-state index >= 15 is 0 Å². The van der Waals surface area contributed by atoms with Gasteiger partial charge in [0.15, 0.2) is 0 Å². The zero-order chi connectivity index (χ0) is 10.7. The van der Waals surface area contributed by atoms with Crippen LogP contribution in [0.2, 0.25) is 0 Å². The van der Waals surface area contributed by atoms with Crippen LogP contribution in [0.5, 0.6) is 0 Å². The maximum Gasteiger partial charge on any atom is 0.309 e. The van der Waals surface area contributed by atoms with Gasteiger partial charge in [-0.2, -0.15) is 16.9 Å². The molecule has 2 rings (SSSR count). The van der Waals surface area contributed by atoms with Gasteiger partial charge >= 0.3 is 5.97 Å². The van der Waals surface area contributed by atoms with Gasteiger partial charge in [0.2, 0.25) is 0 Å². The molecule has 82 valence electrons. The first-order chi connectivity index (χ1) is 7.27. The number of nitrogens with zero attached hydrogens (tertiary/aromatic N) is 2. The first-order valence-electron chi connectivity index (χ1n) is 5.09.